The molecule has 0 radical (unpaired) electrons. The third-order valence-electron chi connectivity index (χ3n) is 2.39. The van der Waals surface area contributed by atoms with Crippen molar-refractivity contribution < 1.29 is 13.2 Å². The molecule has 1 saturated heterocycles. The van der Waals surface area contributed by atoms with Crippen LogP contribution in [0.5, 0.6) is 0 Å². The van der Waals surface area contributed by atoms with Gasteiger partial charge in [0.1, 0.15) is 0 Å². The third-order valence-corrected chi connectivity index (χ3v) is 4.21. The van der Waals surface area contributed by atoms with Crippen molar-refractivity contribution in [1.82, 2.24) is 5.32 Å². The van der Waals surface area contributed by atoms with Gasteiger partial charge in [0, 0.05) is 6.42 Å². The van der Waals surface area contributed by atoms with Gasteiger partial charge in [0.15, 0.2) is 9.84 Å². The Morgan fingerprint density at radius 1 is 1.33 bits per heavy atom. The highest BCUT2D eigenvalue weighted by atomic mass is 32.2. The summed E-state index contributed by atoms with van der Waals surface area (Å²) in [5, 5.41) is 2.77. The maximum Gasteiger partial charge on any atom is 0.221 e. The minimum absolute atomic E-state index is 0.0145. The van der Waals surface area contributed by atoms with Crippen LogP contribution < -0.4 is 5.32 Å². The molecule has 0 aromatic carbocycles. The van der Waals surface area contributed by atoms with Gasteiger partial charge in [0.2, 0.25) is 5.91 Å². The maximum atomic E-state index is 11.3. The van der Waals surface area contributed by atoms with Crippen molar-refractivity contribution in [2.45, 2.75) is 24.8 Å². The molecule has 1 aliphatic heterocycles. The molecule has 0 atom stereocenters. The van der Waals surface area contributed by atoms with E-state index in [4.69, 9.17) is 0 Å². The van der Waals surface area contributed by atoms with Crippen LogP contribution in [0.15, 0.2) is 0 Å². The van der Waals surface area contributed by atoms with Gasteiger partial charge in [0.05, 0.1) is 17.0 Å². The van der Waals surface area contributed by atoms with E-state index in [0.717, 1.165) is 12.8 Å². The lowest BCUT2D eigenvalue weighted by molar-refractivity contribution is -0.121. The van der Waals surface area contributed by atoms with Gasteiger partial charge < -0.3 is 5.32 Å². The molecule has 4 nitrogen and oxygen atoms in total. The molecule has 5 heteroatoms. The fourth-order valence-corrected chi connectivity index (χ4v) is 3.40. The molecule has 1 spiro atoms. The Kier molecular flexibility index (Phi) is 1.49. The summed E-state index contributed by atoms with van der Waals surface area (Å²) in [5.74, 6) is 0.0420. The first-order valence-corrected chi connectivity index (χ1v) is 5.85. The fraction of sp³-hybridized carbons (Fsp3) is 0.857. The van der Waals surface area contributed by atoms with Crippen LogP contribution in [-0.2, 0) is 14.6 Å². The number of carbonyl (C=O) groups is 1. The SMILES string of the molecule is O=C1CCS(=O)(=O)CC2(CC2)N1. The number of nitrogens with one attached hydrogen (secondary N) is 1. The molecular weight excluding hydrogens is 178 g/mol. The highest BCUT2D eigenvalue weighted by Gasteiger charge is 2.48. The molecule has 12 heavy (non-hydrogen) atoms. The zero-order valence-corrected chi connectivity index (χ0v) is 7.49. The first kappa shape index (κ1) is 8.04. The van der Waals surface area contributed by atoms with E-state index < -0.39 is 9.84 Å². The molecule has 2 fully saturated rings. The molecule has 68 valence electrons. The Bertz CT molecular complexity index is 316. The van der Waals surface area contributed by atoms with Gasteiger partial charge in [-0.15, -0.1) is 0 Å². The average Bonchev–Trinajstić information content (AvgIpc) is 2.64. The molecule has 1 heterocycles. The van der Waals surface area contributed by atoms with E-state index in [0.29, 0.717) is 0 Å². The van der Waals surface area contributed by atoms with Gasteiger partial charge in [-0.3, -0.25) is 4.79 Å². The highest BCUT2D eigenvalue weighted by molar-refractivity contribution is 7.91. The first-order chi connectivity index (χ1) is 5.52. The second-order valence-corrected chi connectivity index (χ2v) is 5.85. The number of carbonyl (C=O) groups excluding carboxylic acids is 1. The lowest BCUT2D eigenvalue weighted by atomic mass is 10.3. The van der Waals surface area contributed by atoms with Crippen molar-refractivity contribution in [3.8, 4) is 0 Å². The smallest absolute Gasteiger partial charge is 0.221 e. The van der Waals surface area contributed by atoms with E-state index in [1.54, 1.807) is 0 Å². The van der Waals surface area contributed by atoms with E-state index in [2.05, 4.69) is 5.32 Å². The van der Waals surface area contributed by atoms with Crippen molar-refractivity contribution in [3.63, 3.8) is 0 Å². The quantitative estimate of drug-likeness (QED) is 0.556. The normalized spacial score (nSPS) is 30.8. The van der Waals surface area contributed by atoms with Crippen molar-refractivity contribution in [2.75, 3.05) is 11.5 Å². The number of rotatable bonds is 0. The standard InChI is InChI=1S/C7H11NO3S/c9-6-1-4-12(10,11)5-7(8-6)2-3-7/h1-5H2,(H,8,9). The van der Waals surface area contributed by atoms with Gasteiger partial charge >= 0.3 is 0 Å². The maximum absolute atomic E-state index is 11.3. The second-order valence-electron chi connectivity index (χ2n) is 3.67. The molecule has 2 aliphatic rings. The van der Waals surface area contributed by atoms with Crippen LogP contribution in [0.3, 0.4) is 0 Å². The summed E-state index contributed by atoms with van der Waals surface area (Å²) in [4.78, 5) is 11.1. The Morgan fingerprint density at radius 3 is 2.58 bits per heavy atom. The Morgan fingerprint density at radius 2 is 2.00 bits per heavy atom. The van der Waals surface area contributed by atoms with E-state index in [1.165, 1.54) is 0 Å². The predicted molar refractivity (Wildman–Crippen MR) is 43.4 cm³/mol. The summed E-state index contributed by atoms with van der Waals surface area (Å²) in [6.45, 7) is 0. The minimum Gasteiger partial charge on any atom is -0.350 e. The van der Waals surface area contributed by atoms with Crippen molar-refractivity contribution in [1.29, 1.82) is 0 Å². The molecule has 0 aromatic heterocycles. The molecule has 1 aliphatic carbocycles. The predicted octanol–water partition coefficient (Wildman–Crippen LogP) is -0.546. The summed E-state index contributed by atoms with van der Waals surface area (Å²) >= 11 is 0. The molecule has 0 bridgehead atoms. The molecular formula is C7H11NO3S. The van der Waals surface area contributed by atoms with Gasteiger partial charge in [0.25, 0.3) is 0 Å². The topological polar surface area (TPSA) is 63.2 Å². The molecule has 0 aromatic rings. The van der Waals surface area contributed by atoms with Crippen molar-refractivity contribution in [3.05, 3.63) is 0 Å². The van der Waals surface area contributed by atoms with Crippen LogP contribution in [0, 0.1) is 0 Å². The Labute approximate surface area is 71.3 Å². The monoisotopic (exact) mass is 189 g/mol. The zero-order valence-electron chi connectivity index (χ0n) is 6.67. The fourth-order valence-electron chi connectivity index (χ4n) is 1.56. The summed E-state index contributed by atoms with van der Waals surface area (Å²) in [5.41, 5.74) is -0.369. The zero-order chi connectivity index (χ0) is 8.82. The summed E-state index contributed by atoms with van der Waals surface area (Å²) in [7, 11) is -2.98. The van der Waals surface area contributed by atoms with Crippen LogP contribution in [-0.4, -0.2) is 31.4 Å². The van der Waals surface area contributed by atoms with E-state index >= 15 is 0 Å². The van der Waals surface area contributed by atoms with Crippen LogP contribution in [0.25, 0.3) is 0 Å². The molecule has 1 N–H and O–H groups in total. The first-order valence-electron chi connectivity index (χ1n) is 4.03. The third kappa shape index (κ3) is 1.46. The molecule has 1 amide bonds. The van der Waals surface area contributed by atoms with E-state index in [1.807, 2.05) is 0 Å². The number of amides is 1. The summed E-state index contributed by atoms with van der Waals surface area (Å²) in [6.07, 6.45) is 1.76. The largest absolute Gasteiger partial charge is 0.350 e. The lowest BCUT2D eigenvalue weighted by Crippen LogP contribution is -2.38. The summed E-state index contributed by atoms with van der Waals surface area (Å²) in [6, 6.07) is 0. The van der Waals surface area contributed by atoms with Crippen LogP contribution in [0.2, 0.25) is 0 Å². The Hall–Kier alpha value is -0.580. The Balaban J connectivity index is 2.25. The summed E-state index contributed by atoms with van der Waals surface area (Å²) < 4.78 is 22.6. The number of hydrogen-bond acceptors (Lipinski definition) is 3. The van der Waals surface area contributed by atoms with Crippen LogP contribution in [0.4, 0.5) is 0 Å². The highest BCUT2D eigenvalue weighted by Crippen LogP contribution is 2.38. The molecule has 0 unspecified atom stereocenters. The number of hydrogen-bond donors (Lipinski definition) is 1. The molecule has 1 saturated carbocycles. The number of sulfone groups is 1. The van der Waals surface area contributed by atoms with Crippen molar-refractivity contribution in [2.24, 2.45) is 0 Å². The molecule has 2 rings (SSSR count). The van der Waals surface area contributed by atoms with Gasteiger partial charge in [-0.2, -0.15) is 0 Å². The second kappa shape index (κ2) is 2.22. The van der Waals surface area contributed by atoms with Gasteiger partial charge in [-0.05, 0) is 12.8 Å². The van der Waals surface area contributed by atoms with Gasteiger partial charge in [-0.1, -0.05) is 0 Å². The van der Waals surface area contributed by atoms with Crippen molar-refractivity contribution >= 4 is 15.7 Å². The van der Waals surface area contributed by atoms with E-state index in [-0.39, 0.29) is 29.4 Å². The average molecular weight is 189 g/mol. The van der Waals surface area contributed by atoms with Crippen LogP contribution >= 0.6 is 0 Å². The lowest BCUT2D eigenvalue weighted by Gasteiger charge is -2.11. The minimum atomic E-state index is -2.98. The van der Waals surface area contributed by atoms with E-state index in [9.17, 15) is 13.2 Å². The van der Waals surface area contributed by atoms with Gasteiger partial charge in [-0.25, -0.2) is 8.42 Å². The van der Waals surface area contributed by atoms with Crippen LogP contribution in [0.1, 0.15) is 19.3 Å².